The lowest BCUT2D eigenvalue weighted by atomic mass is 10.1. The Labute approximate surface area is 131 Å². The molecule has 0 radical (unpaired) electrons. The van der Waals surface area contributed by atoms with Crippen molar-refractivity contribution in [1.29, 1.82) is 0 Å². The third-order valence-electron chi connectivity index (χ3n) is 2.93. The molecule has 118 valence electrons. The van der Waals surface area contributed by atoms with Crippen molar-refractivity contribution in [3.63, 3.8) is 0 Å². The molecular weight excluding hydrogens is 280 g/mol. The number of aliphatic hydroxyl groups is 1. The van der Waals surface area contributed by atoms with Gasteiger partial charge in [-0.3, -0.25) is 4.99 Å². The Morgan fingerprint density at radius 3 is 2.45 bits per heavy atom. The number of allylic oxidation sites excluding steroid dienone is 1. The Morgan fingerprint density at radius 2 is 1.95 bits per heavy atom. The molecule has 0 heterocycles. The minimum absolute atomic E-state index is 0.0329. The topological polar surface area (TPSA) is 62.1 Å². The van der Waals surface area contributed by atoms with Gasteiger partial charge in [0.25, 0.3) is 0 Å². The molecule has 0 aliphatic carbocycles. The number of carbonyl (C=O) groups excluding carboxylic acids is 1. The van der Waals surface area contributed by atoms with Crippen molar-refractivity contribution in [2.75, 3.05) is 32.6 Å². The number of methoxy groups -OCH3 is 1. The number of aliphatic hydroxyl groups excluding tert-OH is 1. The van der Waals surface area contributed by atoms with E-state index in [0.717, 1.165) is 11.3 Å². The molecule has 0 aliphatic heterocycles. The van der Waals surface area contributed by atoms with E-state index in [9.17, 15) is 9.90 Å². The van der Waals surface area contributed by atoms with Crippen molar-refractivity contribution in [1.82, 2.24) is 0 Å². The van der Waals surface area contributed by atoms with Crippen LogP contribution in [0.2, 0.25) is 0 Å². The van der Waals surface area contributed by atoms with E-state index in [1.54, 1.807) is 6.08 Å². The van der Waals surface area contributed by atoms with Gasteiger partial charge in [-0.25, -0.2) is 4.79 Å². The third-order valence-corrected chi connectivity index (χ3v) is 2.93. The average Bonchev–Trinajstić information content (AvgIpc) is 2.53. The van der Waals surface area contributed by atoms with Crippen molar-refractivity contribution in [2.45, 2.75) is 6.92 Å². The van der Waals surface area contributed by atoms with Crippen molar-refractivity contribution in [2.24, 2.45) is 4.99 Å². The SMILES string of the molecule is CCN=C/C(C(=O)OC)=C(\O)C=Cc1ccc(N(C)C)cc1. The summed E-state index contributed by atoms with van der Waals surface area (Å²) in [6.45, 7) is 2.36. The van der Waals surface area contributed by atoms with Crippen LogP contribution in [0, 0.1) is 0 Å². The number of rotatable bonds is 6. The fourth-order valence-corrected chi connectivity index (χ4v) is 1.66. The summed E-state index contributed by atoms with van der Waals surface area (Å²) in [7, 11) is 5.20. The van der Waals surface area contributed by atoms with Gasteiger partial charge in [-0.05, 0) is 30.7 Å². The van der Waals surface area contributed by atoms with Crippen LogP contribution in [0.3, 0.4) is 0 Å². The van der Waals surface area contributed by atoms with Crippen LogP contribution in [0.15, 0.2) is 46.7 Å². The van der Waals surface area contributed by atoms with E-state index in [1.165, 1.54) is 19.4 Å². The van der Waals surface area contributed by atoms with E-state index >= 15 is 0 Å². The summed E-state index contributed by atoms with van der Waals surface area (Å²) in [6, 6.07) is 7.80. The lowest BCUT2D eigenvalue weighted by Crippen LogP contribution is -2.09. The molecule has 0 saturated heterocycles. The molecule has 1 rings (SSSR count). The van der Waals surface area contributed by atoms with Crippen LogP contribution in [0.4, 0.5) is 5.69 Å². The minimum atomic E-state index is -0.623. The fourth-order valence-electron chi connectivity index (χ4n) is 1.66. The lowest BCUT2D eigenvalue weighted by Gasteiger charge is -2.11. The Morgan fingerprint density at radius 1 is 1.32 bits per heavy atom. The summed E-state index contributed by atoms with van der Waals surface area (Å²) in [5.41, 5.74) is 2.03. The Balaban J connectivity index is 2.99. The van der Waals surface area contributed by atoms with E-state index in [0.29, 0.717) is 6.54 Å². The van der Waals surface area contributed by atoms with Crippen LogP contribution in [0.1, 0.15) is 12.5 Å². The standard InChI is InChI=1S/C17H22N2O3/c1-5-18-12-15(17(21)22-4)16(20)11-8-13-6-9-14(10-7-13)19(2)3/h6-12,20H,5H2,1-4H3/b11-8?,16-15+,18-12?. The highest BCUT2D eigenvalue weighted by atomic mass is 16.5. The normalized spacial score (nSPS) is 12.5. The van der Waals surface area contributed by atoms with Crippen molar-refractivity contribution >= 4 is 23.9 Å². The molecule has 0 bridgehead atoms. The molecule has 22 heavy (non-hydrogen) atoms. The van der Waals surface area contributed by atoms with E-state index < -0.39 is 5.97 Å². The van der Waals surface area contributed by atoms with E-state index in [2.05, 4.69) is 9.73 Å². The summed E-state index contributed by atoms with van der Waals surface area (Å²) in [4.78, 5) is 17.6. The first kappa shape index (κ1) is 17.5. The van der Waals surface area contributed by atoms with E-state index in [4.69, 9.17) is 0 Å². The average molecular weight is 302 g/mol. The molecule has 0 aliphatic rings. The number of nitrogens with zero attached hydrogens (tertiary/aromatic N) is 2. The summed E-state index contributed by atoms with van der Waals surface area (Å²) in [5.74, 6) is -0.803. The van der Waals surface area contributed by atoms with Gasteiger partial charge >= 0.3 is 5.97 Å². The second-order valence-corrected chi connectivity index (χ2v) is 4.74. The molecule has 1 aromatic rings. The fraction of sp³-hybridized carbons (Fsp3) is 0.294. The first-order valence-corrected chi connectivity index (χ1v) is 6.96. The predicted octanol–water partition coefficient (Wildman–Crippen LogP) is 2.84. The Kier molecular flexibility index (Phi) is 6.89. The van der Waals surface area contributed by atoms with Gasteiger partial charge in [-0.2, -0.15) is 0 Å². The maximum atomic E-state index is 11.6. The maximum Gasteiger partial charge on any atom is 0.343 e. The zero-order chi connectivity index (χ0) is 16.5. The van der Waals surface area contributed by atoms with Crippen LogP contribution in [-0.4, -0.2) is 45.0 Å². The lowest BCUT2D eigenvalue weighted by molar-refractivity contribution is -0.135. The number of benzene rings is 1. The van der Waals surface area contributed by atoms with Crippen LogP contribution in [-0.2, 0) is 9.53 Å². The molecule has 1 aromatic carbocycles. The van der Waals surface area contributed by atoms with Crippen molar-refractivity contribution < 1.29 is 14.6 Å². The molecule has 0 saturated carbocycles. The first-order valence-electron chi connectivity index (χ1n) is 6.96. The second-order valence-electron chi connectivity index (χ2n) is 4.74. The molecule has 0 unspecified atom stereocenters. The predicted molar refractivity (Wildman–Crippen MR) is 90.5 cm³/mol. The van der Waals surface area contributed by atoms with Gasteiger partial charge in [0.1, 0.15) is 11.3 Å². The first-order chi connectivity index (χ1) is 10.5. The van der Waals surface area contributed by atoms with Crippen molar-refractivity contribution in [3.8, 4) is 0 Å². The van der Waals surface area contributed by atoms with Crippen LogP contribution >= 0.6 is 0 Å². The maximum absolute atomic E-state index is 11.6. The van der Waals surface area contributed by atoms with Gasteiger partial charge in [0.2, 0.25) is 0 Å². The number of aliphatic imine (C=N–C) groups is 1. The van der Waals surface area contributed by atoms with Gasteiger partial charge in [0.15, 0.2) is 0 Å². The number of ether oxygens (including phenoxy) is 1. The van der Waals surface area contributed by atoms with E-state index in [1.807, 2.05) is 50.2 Å². The summed E-state index contributed by atoms with van der Waals surface area (Å²) >= 11 is 0. The summed E-state index contributed by atoms with van der Waals surface area (Å²) in [6.07, 6.45) is 4.50. The summed E-state index contributed by atoms with van der Waals surface area (Å²) in [5, 5.41) is 10.0. The van der Waals surface area contributed by atoms with Crippen LogP contribution in [0.25, 0.3) is 6.08 Å². The summed E-state index contributed by atoms with van der Waals surface area (Å²) < 4.78 is 4.64. The highest BCUT2D eigenvalue weighted by Crippen LogP contribution is 2.14. The minimum Gasteiger partial charge on any atom is -0.507 e. The highest BCUT2D eigenvalue weighted by Gasteiger charge is 2.11. The molecule has 0 aromatic heterocycles. The Bertz CT molecular complexity index is 584. The largest absolute Gasteiger partial charge is 0.507 e. The number of hydrogen-bond acceptors (Lipinski definition) is 5. The molecule has 0 amide bonds. The zero-order valence-corrected chi connectivity index (χ0v) is 13.4. The number of carbonyl (C=O) groups is 1. The van der Waals surface area contributed by atoms with Crippen LogP contribution in [0.5, 0.6) is 0 Å². The molecule has 5 heteroatoms. The number of anilines is 1. The van der Waals surface area contributed by atoms with Crippen molar-refractivity contribution in [3.05, 3.63) is 47.2 Å². The van der Waals surface area contributed by atoms with Crippen LogP contribution < -0.4 is 4.90 Å². The molecule has 0 spiro atoms. The second kappa shape index (κ2) is 8.67. The number of esters is 1. The van der Waals surface area contributed by atoms with Gasteiger partial charge in [0.05, 0.1) is 7.11 Å². The van der Waals surface area contributed by atoms with Gasteiger partial charge in [-0.15, -0.1) is 0 Å². The third kappa shape index (κ3) is 5.09. The molecule has 1 N–H and O–H groups in total. The Hall–Kier alpha value is -2.56. The van der Waals surface area contributed by atoms with Gasteiger partial charge < -0.3 is 14.7 Å². The molecular formula is C17H22N2O3. The molecule has 5 nitrogen and oxygen atoms in total. The smallest absolute Gasteiger partial charge is 0.343 e. The van der Waals surface area contributed by atoms with Gasteiger partial charge in [-0.1, -0.05) is 18.2 Å². The quantitative estimate of drug-likeness (QED) is 0.288. The monoisotopic (exact) mass is 302 g/mol. The van der Waals surface area contributed by atoms with Gasteiger partial charge in [0, 0.05) is 32.5 Å². The zero-order valence-electron chi connectivity index (χ0n) is 13.4. The van der Waals surface area contributed by atoms with E-state index in [-0.39, 0.29) is 11.3 Å². The number of hydrogen-bond donors (Lipinski definition) is 1. The molecule has 0 atom stereocenters. The highest BCUT2D eigenvalue weighted by molar-refractivity contribution is 6.10. The molecule has 0 fully saturated rings.